The Kier molecular flexibility index (Phi) is 4.65. The third-order valence-corrected chi connectivity index (χ3v) is 4.06. The van der Waals surface area contributed by atoms with Crippen LogP contribution in [0.5, 0.6) is 5.75 Å². The summed E-state index contributed by atoms with van der Waals surface area (Å²) in [5.41, 5.74) is 0.671. The molecule has 0 saturated carbocycles. The minimum absolute atomic E-state index is 0.0379. The number of nitrogens with one attached hydrogen (secondary N) is 1. The van der Waals surface area contributed by atoms with Crippen molar-refractivity contribution in [3.05, 3.63) is 59.7 Å². The SMILES string of the molecule is COc1ccc(C(=O)N[C@@H]2CCN(c3ccc(F)cc3)C2=O)cc1F. The van der Waals surface area contributed by atoms with E-state index >= 15 is 0 Å². The van der Waals surface area contributed by atoms with E-state index in [4.69, 9.17) is 4.74 Å². The van der Waals surface area contributed by atoms with Gasteiger partial charge in [0.25, 0.3) is 5.91 Å². The Morgan fingerprint density at radius 2 is 1.92 bits per heavy atom. The summed E-state index contributed by atoms with van der Waals surface area (Å²) in [6, 6.07) is 8.70. The molecule has 1 aliphatic heterocycles. The van der Waals surface area contributed by atoms with Crippen LogP contribution in [-0.4, -0.2) is 31.5 Å². The summed E-state index contributed by atoms with van der Waals surface area (Å²) in [6.45, 7) is 0.409. The minimum atomic E-state index is -0.706. The van der Waals surface area contributed by atoms with Gasteiger partial charge >= 0.3 is 0 Å². The van der Waals surface area contributed by atoms with Crippen molar-refractivity contribution in [2.75, 3.05) is 18.6 Å². The van der Waals surface area contributed by atoms with Gasteiger partial charge in [-0.25, -0.2) is 8.78 Å². The largest absolute Gasteiger partial charge is 0.494 e. The molecule has 2 aromatic rings. The molecule has 0 spiro atoms. The number of hydrogen-bond acceptors (Lipinski definition) is 3. The minimum Gasteiger partial charge on any atom is -0.494 e. The van der Waals surface area contributed by atoms with Crippen LogP contribution in [0, 0.1) is 11.6 Å². The summed E-state index contributed by atoms with van der Waals surface area (Å²) < 4.78 is 31.5. The zero-order chi connectivity index (χ0) is 18.0. The zero-order valence-corrected chi connectivity index (χ0v) is 13.5. The quantitative estimate of drug-likeness (QED) is 0.925. The molecule has 1 saturated heterocycles. The Labute approximate surface area is 143 Å². The highest BCUT2D eigenvalue weighted by atomic mass is 19.1. The number of hydrogen-bond donors (Lipinski definition) is 1. The average molecular weight is 346 g/mol. The highest BCUT2D eigenvalue weighted by Gasteiger charge is 2.33. The number of ether oxygens (including phenoxy) is 1. The first-order chi connectivity index (χ1) is 12.0. The van der Waals surface area contributed by atoms with Crippen LogP contribution >= 0.6 is 0 Å². The first kappa shape index (κ1) is 16.9. The van der Waals surface area contributed by atoms with Crippen molar-refractivity contribution in [3.8, 4) is 5.75 Å². The van der Waals surface area contributed by atoms with E-state index in [0.717, 1.165) is 6.07 Å². The molecule has 2 aromatic carbocycles. The van der Waals surface area contributed by atoms with Gasteiger partial charge in [0, 0.05) is 17.8 Å². The van der Waals surface area contributed by atoms with Crippen LogP contribution in [0.3, 0.4) is 0 Å². The van der Waals surface area contributed by atoms with Crippen molar-refractivity contribution in [2.24, 2.45) is 0 Å². The third kappa shape index (κ3) is 3.45. The van der Waals surface area contributed by atoms with Crippen molar-refractivity contribution >= 4 is 17.5 Å². The van der Waals surface area contributed by atoms with E-state index in [0.29, 0.717) is 18.7 Å². The fraction of sp³-hybridized carbons (Fsp3) is 0.222. The van der Waals surface area contributed by atoms with Gasteiger partial charge in [0.1, 0.15) is 11.9 Å². The van der Waals surface area contributed by atoms with Crippen LogP contribution in [0.2, 0.25) is 0 Å². The van der Waals surface area contributed by atoms with Gasteiger partial charge in [-0.2, -0.15) is 0 Å². The second-order valence-electron chi connectivity index (χ2n) is 5.63. The van der Waals surface area contributed by atoms with Gasteiger partial charge in [-0.15, -0.1) is 0 Å². The summed E-state index contributed by atoms with van der Waals surface area (Å²) >= 11 is 0. The highest BCUT2D eigenvalue weighted by molar-refractivity contribution is 6.03. The van der Waals surface area contributed by atoms with Crippen LogP contribution in [0.4, 0.5) is 14.5 Å². The van der Waals surface area contributed by atoms with E-state index in [-0.39, 0.29) is 23.0 Å². The summed E-state index contributed by atoms with van der Waals surface area (Å²) in [6.07, 6.45) is 0.417. The summed E-state index contributed by atoms with van der Waals surface area (Å²) in [7, 11) is 1.33. The van der Waals surface area contributed by atoms with Gasteiger partial charge in [0.15, 0.2) is 11.6 Å². The molecule has 2 amide bonds. The molecule has 1 atom stereocenters. The third-order valence-electron chi connectivity index (χ3n) is 4.06. The lowest BCUT2D eigenvalue weighted by atomic mass is 10.1. The number of methoxy groups -OCH3 is 1. The Balaban J connectivity index is 1.69. The first-order valence-corrected chi connectivity index (χ1v) is 7.71. The number of rotatable bonds is 4. The number of halogens is 2. The fourth-order valence-corrected chi connectivity index (χ4v) is 2.74. The molecule has 5 nitrogen and oxygen atoms in total. The molecule has 25 heavy (non-hydrogen) atoms. The predicted octanol–water partition coefficient (Wildman–Crippen LogP) is 2.51. The molecule has 0 radical (unpaired) electrons. The Bertz CT molecular complexity index is 808. The molecule has 0 bridgehead atoms. The normalized spacial score (nSPS) is 16.8. The van der Waals surface area contributed by atoms with Crippen LogP contribution in [-0.2, 0) is 4.79 Å². The Morgan fingerprint density at radius 3 is 2.56 bits per heavy atom. The van der Waals surface area contributed by atoms with E-state index in [1.165, 1.54) is 48.4 Å². The van der Waals surface area contributed by atoms with Crippen molar-refractivity contribution in [1.29, 1.82) is 0 Å². The Morgan fingerprint density at radius 1 is 1.20 bits per heavy atom. The maximum Gasteiger partial charge on any atom is 0.252 e. The van der Waals surface area contributed by atoms with Crippen LogP contribution in [0.25, 0.3) is 0 Å². The zero-order valence-electron chi connectivity index (χ0n) is 13.5. The van der Waals surface area contributed by atoms with Crippen molar-refractivity contribution in [1.82, 2.24) is 5.32 Å². The van der Waals surface area contributed by atoms with Crippen LogP contribution < -0.4 is 15.0 Å². The molecular formula is C18H16F2N2O3. The lowest BCUT2D eigenvalue weighted by molar-refractivity contribution is -0.118. The number of amides is 2. The van der Waals surface area contributed by atoms with Crippen LogP contribution in [0.15, 0.2) is 42.5 Å². The first-order valence-electron chi connectivity index (χ1n) is 7.71. The number of nitrogens with zero attached hydrogens (tertiary/aromatic N) is 1. The lowest BCUT2D eigenvalue weighted by Gasteiger charge is -2.17. The molecular weight excluding hydrogens is 330 g/mol. The summed E-state index contributed by atoms with van der Waals surface area (Å²) in [4.78, 5) is 26.2. The molecule has 1 fully saturated rings. The van der Waals surface area contributed by atoms with E-state index in [1.807, 2.05) is 0 Å². The fourth-order valence-electron chi connectivity index (χ4n) is 2.74. The highest BCUT2D eigenvalue weighted by Crippen LogP contribution is 2.22. The standard InChI is InChI=1S/C18H16F2N2O3/c1-25-16-7-2-11(10-14(16)20)17(23)21-15-8-9-22(18(15)24)13-5-3-12(19)4-6-13/h2-7,10,15H,8-9H2,1H3,(H,21,23)/t15-/m1/s1. The number of carbonyl (C=O) groups excluding carboxylic acids is 2. The molecule has 1 aliphatic rings. The summed E-state index contributed by atoms with van der Waals surface area (Å²) in [5.74, 6) is -1.83. The maximum absolute atomic E-state index is 13.7. The predicted molar refractivity (Wildman–Crippen MR) is 87.6 cm³/mol. The monoisotopic (exact) mass is 346 g/mol. The van der Waals surface area contributed by atoms with Gasteiger partial charge in [-0.1, -0.05) is 0 Å². The lowest BCUT2D eigenvalue weighted by Crippen LogP contribution is -2.41. The number of carbonyl (C=O) groups is 2. The van der Waals surface area contributed by atoms with Crippen LogP contribution in [0.1, 0.15) is 16.8 Å². The van der Waals surface area contributed by atoms with E-state index in [1.54, 1.807) is 0 Å². The molecule has 130 valence electrons. The topological polar surface area (TPSA) is 58.6 Å². The van der Waals surface area contributed by atoms with E-state index in [2.05, 4.69) is 5.32 Å². The number of anilines is 1. The van der Waals surface area contributed by atoms with Crippen molar-refractivity contribution in [2.45, 2.75) is 12.5 Å². The van der Waals surface area contributed by atoms with Gasteiger partial charge in [-0.3, -0.25) is 9.59 Å². The van der Waals surface area contributed by atoms with Crippen molar-refractivity contribution < 1.29 is 23.1 Å². The maximum atomic E-state index is 13.7. The number of benzene rings is 2. The molecule has 3 rings (SSSR count). The molecule has 0 aromatic heterocycles. The van der Waals surface area contributed by atoms with Crippen molar-refractivity contribution in [3.63, 3.8) is 0 Å². The van der Waals surface area contributed by atoms with Gasteiger partial charge in [-0.05, 0) is 48.9 Å². The molecule has 0 unspecified atom stereocenters. The molecule has 1 heterocycles. The molecule has 1 N–H and O–H groups in total. The Hall–Kier alpha value is -2.96. The second-order valence-corrected chi connectivity index (χ2v) is 5.63. The van der Waals surface area contributed by atoms with Gasteiger partial charge in [0.05, 0.1) is 7.11 Å². The average Bonchev–Trinajstić information content (AvgIpc) is 2.96. The van der Waals surface area contributed by atoms with E-state index < -0.39 is 17.8 Å². The van der Waals surface area contributed by atoms with Gasteiger partial charge < -0.3 is 15.0 Å². The smallest absolute Gasteiger partial charge is 0.252 e. The molecule has 7 heteroatoms. The second kappa shape index (κ2) is 6.88. The summed E-state index contributed by atoms with van der Waals surface area (Å²) in [5, 5.41) is 2.61. The molecule has 0 aliphatic carbocycles. The van der Waals surface area contributed by atoms with Gasteiger partial charge in [0.2, 0.25) is 5.91 Å². The van der Waals surface area contributed by atoms with E-state index in [9.17, 15) is 18.4 Å².